The van der Waals surface area contributed by atoms with Crippen molar-refractivity contribution in [1.82, 2.24) is 16.0 Å². The van der Waals surface area contributed by atoms with Crippen LogP contribution in [0.25, 0.3) is 0 Å². The van der Waals surface area contributed by atoms with Crippen LogP contribution in [-0.4, -0.2) is 37.5 Å². The molecule has 2 fully saturated rings. The van der Waals surface area contributed by atoms with E-state index in [1.165, 1.54) is 6.07 Å². The van der Waals surface area contributed by atoms with Gasteiger partial charge in [-0.15, -0.1) is 24.0 Å². The predicted molar refractivity (Wildman–Crippen MR) is 108 cm³/mol. The van der Waals surface area contributed by atoms with Crippen LogP contribution in [0.1, 0.15) is 38.2 Å². The molecule has 2 aliphatic rings. The van der Waals surface area contributed by atoms with Crippen LogP contribution in [-0.2, 0) is 10.2 Å². The molecule has 0 saturated heterocycles. The van der Waals surface area contributed by atoms with E-state index in [4.69, 9.17) is 0 Å². The van der Waals surface area contributed by atoms with Gasteiger partial charge in [0.2, 0.25) is 5.91 Å². The largest absolute Gasteiger partial charge is 0.357 e. The third-order valence-corrected chi connectivity index (χ3v) is 4.56. The zero-order chi connectivity index (χ0) is 17.0. The topological polar surface area (TPSA) is 65.5 Å². The van der Waals surface area contributed by atoms with Gasteiger partial charge in [-0.3, -0.25) is 4.79 Å². The highest BCUT2D eigenvalue weighted by Gasteiger charge is 2.45. The number of aliphatic imine (C=N–C) groups is 1. The van der Waals surface area contributed by atoms with Gasteiger partial charge in [-0.25, -0.2) is 9.38 Å². The number of carbonyl (C=O) groups is 1. The summed E-state index contributed by atoms with van der Waals surface area (Å²) >= 11 is 0. The van der Waals surface area contributed by atoms with Crippen LogP contribution in [0.15, 0.2) is 29.3 Å². The molecular formula is C18H26FIN4O. The van der Waals surface area contributed by atoms with Crippen LogP contribution in [0.3, 0.4) is 0 Å². The average molecular weight is 460 g/mol. The number of carbonyl (C=O) groups excluding carboxylic acids is 1. The van der Waals surface area contributed by atoms with Crippen molar-refractivity contribution in [2.45, 2.75) is 44.1 Å². The maximum absolute atomic E-state index is 14.1. The molecule has 0 spiro atoms. The summed E-state index contributed by atoms with van der Waals surface area (Å²) in [7, 11) is 0. The normalized spacial score (nSPS) is 18.1. The lowest BCUT2D eigenvalue weighted by Gasteiger charge is -2.19. The van der Waals surface area contributed by atoms with Crippen LogP contribution in [0, 0.1) is 5.82 Å². The maximum Gasteiger partial charge on any atom is 0.242 e. The summed E-state index contributed by atoms with van der Waals surface area (Å²) in [6.45, 7) is 3.41. The molecular weight excluding hydrogens is 434 g/mol. The molecule has 0 heterocycles. The fourth-order valence-corrected chi connectivity index (χ4v) is 2.83. The van der Waals surface area contributed by atoms with Gasteiger partial charge in [0.15, 0.2) is 5.96 Å². The van der Waals surface area contributed by atoms with E-state index < -0.39 is 0 Å². The number of nitrogens with one attached hydrogen (secondary N) is 3. The molecule has 7 heteroatoms. The Labute approximate surface area is 165 Å². The highest BCUT2D eigenvalue weighted by atomic mass is 127. The Morgan fingerprint density at radius 2 is 2.00 bits per heavy atom. The first-order valence-electron chi connectivity index (χ1n) is 8.69. The van der Waals surface area contributed by atoms with E-state index in [-0.39, 0.29) is 47.7 Å². The Hall–Kier alpha value is -1.38. The van der Waals surface area contributed by atoms with Gasteiger partial charge in [-0.05, 0) is 44.2 Å². The number of hydrogen-bond donors (Lipinski definition) is 3. The van der Waals surface area contributed by atoms with Crippen LogP contribution in [0.2, 0.25) is 0 Å². The summed E-state index contributed by atoms with van der Waals surface area (Å²) in [5.41, 5.74) is 0.609. The highest BCUT2D eigenvalue weighted by Crippen LogP contribution is 2.48. The van der Waals surface area contributed by atoms with Gasteiger partial charge in [-0.1, -0.05) is 18.2 Å². The van der Waals surface area contributed by atoms with Crippen molar-refractivity contribution in [3.63, 3.8) is 0 Å². The first-order chi connectivity index (χ1) is 11.6. The second kappa shape index (κ2) is 8.82. The van der Waals surface area contributed by atoms with Crippen molar-refractivity contribution in [1.29, 1.82) is 0 Å². The third-order valence-electron chi connectivity index (χ3n) is 4.56. The summed E-state index contributed by atoms with van der Waals surface area (Å²) in [6.07, 6.45) is 4.06. The van der Waals surface area contributed by atoms with Gasteiger partial charge < -0.3 is 16.0 Å². The Bertz CT molecular complexity index is 629. The van der Waals surface area contributed by atoms with Crippen molar-refractivity contribution in [3.05, 3.63) is 35.6 Å². The molecule has 5 nitrogen and oxygen atoms in total. The Balaban J connectivity index is 0.00000225. The zero-order valence-corrected chi connectivity index (χ0v) is 16.8. The van der Waals surface area contributed by atoms with E-state index in [0.717, 1.165) is 31.2 Å². The maximum atomic E-state index is 14.1. The minimum Gasteiger partial charge on any atom is -0.357 e. The molecule has 25 heavy (non-hydrogen) atoms. The molecule has 1 amide bonds. The van der Waals surface area contributed by atoms with Gasteiger partial charge in [0.25, 0.3) is 0 Å². The van der Waals surface area contributed by atoms with Crippen molar-refractivity contribution >= 4 is 35.8 Å². The van der Waals surface area contributed by atoms with E-state index in [1.807, 2.05) is 19.1 Å². The highest BCUT2D eigenvalue weighted by molar-refractivity contribution is 14.0. The summed E-state index contributed by atoms with van der Waals surface area (Å²) < 4.78 is 14.1. The van der Waals surface area contributed by atoms with Gasteiger partial charge in [-0.2, -0.15) is 0 Å². The summed E-state index contributed by atoms with van der Waals surface area (Å²) in [6, 6.07) is 7.31. The number of amides is 1. The molecule has 0 unspecified atom stereocenters. The molecule has 0 aromatic heterocycles. The monoisotopic (exact) mass is 460 g/mol. The van der Waals surface area contributed by atoms with Crippen LogP contribution >= 0.6 is 24.0 Å². The standard InChI is InChI=1S/C18H25FN4O.HI/c1-2-20-17(21-11-16(24)23-13-7-8-13)22-12-18(9-10-18)14-5-3-4-6-15(14)19;/h3-6,13H,2,7-12H2,1H3,(H,23,24)(H2,20,21,22);1H. The molecule has 0 aliphatic heterocycles. The Kier molecular flexibility index (Phi) is 7.04. The fourth-order valence-electron chi connectivity index (χ4n) is 2.83. The number of hydrogen-bond acceptors (Lipinski definition) is 2. The number of nitrogens with zero attached hydrogens (tertiary/aromatic N) is 1. The van der Waals surface area contributed by atoms with E-state index in [2.05, 4.69) is 20.9 Å². The molecule has 0 atom stereocenters. The van der Waals surface area contributed by atoms with E-state index in [9.17, 15) is 9.18 Å². The molecule has 138 valence electrons. The van der Waals surface area contributed by atoms with Gasteiger partial charge in [0.05, 0.1) is 0 Å². The van der Waals surface area contributed by atoms with E-state index >= 15 is 0 Å². The average Bonchev–Trinajstić information content (AvgIpc) is 3.47. The van der Waals surface area contributed by atoms with Gasteiger partial charge >= 0.3 is 0 Å². The number of benzene rings is 1. The first-order valence-corrected chi connectivity index (χ1v) is 8.69. The van der Waals surface area contributed by atoms with Crippen molar-refractivity contribution in [2.75, 3.05) is 19.6 Å². The SMILES string of the molecule is CCNC(=NCC(=O)NC1CC1)NCC1(c2ccccc2F)CC1.I. The molecule has 2 aliphatic carbocycles. The second-order valence-corrected chi connectivity index (χ2v) is 6.65. The zero-order valence-electron chi connectivity index (χ0n) is 14.5. The predicted octanol–water partition coefficient (Wildman–Crippen LogP) is 2.31. The Morgan fingerprint density at radius 3 is 2.60 bits per heavy atom. The van der Waals surface area contributed by atoms with Gasteiger partial charge in [0, 0.05) is 24.5 Å². The molecule has 0 radical (unpaired) electrons. The van der Waals surface area contributed by atoms with Crippen molar-refractivity contribution < 1.29 is 9.18 Å². The number of guanidine groups is 1. The summed E-state index contributed by atoms with van der Waals surface area (Å²) in [5.74, 6) is 0.401. The Morgan fingerprint density at radius 1 is 1.28 bits per heavy atom. The minimum absolute atomic E-state index is 0. The van der Waals surface area contributed by atoms with E-state index in [1.54, 1.807) is 6.07 Å². The first kappa shape index (κ1) is 19.9. The number of rotatable bonds is 7. The fraction of sp³-hybridized carbons (Fsp3) is 0.556. The van der Waals surface area contributed by atoms with Crippen molar-refractivity contribution in [2.24, 2.45) is 4.99 Å². The lowest BCUT2D eigenvalue weighted by molar-refractivity contribution is -0.119. The molecule has 0 bridgehead atoms. The van der Waals surface area contributed by atoms with Crippen molar-refractivity contribution in [3.8, 4) is 0 Å². The molecule has 3 N–H and O–H groups in total. The molecule has 1 aromatic rings. The second-order valence-electron chi connectivity index (χ2n) is 6.65. The van der Waals surface area contributed by atoms with Crippen LogP contribution in [0.5, 0.6) is 0 Å². The lowest BCUT2D eigenvalue weighted by atomic mass is 9.95. The molecule has 3 rings (SSSR count). The van der Waals surface area contributed by atoms with Crippen LogP contribution < -0.4 is 16.0 Å². The summed E-state index contributed by atoms with van der Waals surface area (Å²) in [5, 5.41) is 9.32. The summed E-state index contributed by atoms with van der Waals surface area (Å²) in [4.78, 5) is 16.1. The number of halogens is 2. The van der Waals surface area contributed by atoms with E-state index in [0.29, 0.717) is 25.1 Å². The minimum atomic E-state index is -0.155. The third kappa shape index (κ3) is 5.55. The quantitative estimate of drug-likeness (QED) is 0.333. The molecule has 2 saturated carbocycles. The molecule has 1 aromatic carbocycles. The van der Waals surface area contributed by atoms with Crippen LogP contribution in [0.4, 0.5) is 4.39 Å². The van der Waals surface area contributed by atoms with Gasteiger partial charge in [0.1, 0.15) is 12.4 Å². The lowest BCUT2D eigenvalue weighted by Crippen LogP contribution is -2.42. The smallest absolute Gasteiger partial charge is 0.242 e.